The molecule has 0 spiro atoms. The lowest BCUT2D eigenvalue weighted by molar-refractivity contribution is 0.0975. The molecule has 0 N–H and O–H groups in total. The van der Waals surface area contributed by atoms with E-state index in [0.29, 0.717) is 22.3 Å². The Bertz CT molecular complexity index is 2990. The molecule has 0 fully saturated rings. The van der Waals surface area contributed by atoms with Gasteiger partial charge in [0.2, 0.25) is 0 Å². The fraction of sp³-hybridized carbons (Fsp3) is 0.125. The number of carbonyl (C=O) groups is 4. The van der Waals surface area contributed by atoms with Crippen LogP contribution in [-0.4, -0.2) is 23.1 Å². The van der Waals surface area contributed by atoms with Crippen molar-refractivity contribution in [2.75, 3.05) is 0 Å². The Balaban J connectivity index is 0.912. The smallest absolute Gasteiger partial charge is 0.197 e. The first-order valence-corrected chi connectivity index (χ1v) is 21.7. The highest BCUT2D eigenvalue weighted by atomic mass is 32.1. The molecule has 12 rings (SSSR count). The van der Waals surface area contributed by atoms with E-state index in [9.17, 15) is 19.2 Å². The van der Waals surface area contributed by atoms with Gasteiger partial charge in [0.05, 0.1) is 30.3 Å². The molecule has 0 atom stereocenters. The summed E-state index contributed by atoms with van der Waals surface area (Å²) in [6, 6.07) is 27.4. The summed E-state index contributed by atoms with van der Waals surface area (Å²) in [6.07, 6.45) is 3.62. The highest BCUT2D eigenvalue weighted by molar-refractivity contribution is 7.34. The third kappa shape index (κ3) is 4.07. The molecule has 4 aliphatic rings. The zero-order valence-electron chi connectivity index (χ0n) is 30.5. The molecule has 0 unspecified atom stereocenters. The number of Topliss-reactive ketones (excluding diaryl/α,β-unsaturated/α-hetero) is 4. The van der Waals surface area contributed by atoms with Gasteiger partial charge in [-0.15, -0.1) is 45.3 Å². The molecule has 0 saturated heterocycles. The van der Waals surface area contributed by atoms with E-state index >= 15 is 0 Å². The number of benzene rings is 4. The van der Waals surface area contributed by atoms with Crippen LogP contribution in [0, 0.1) is 0 Å². The van der Waals surface area contributed by atoms with E-state index in [1.807, 2.05) is 108 Å². The van der Waals surface area contributed by atoms with E-state index < -0.39 is 0 Å². The zero-order chi connectivity index (χ0) is 38.2. The standard InChI is InChI=1S/C48H28O4S4/c1-47(2)33-19-25(17-31-37(49)27-13-21-9-5-6-10-22(21)14-28(27)38(31)50)53-41(33)43-35(47)45-46(55-43)36-44(56-45)42-34(48(36,3)4)20-26(54-42)18-32-39(51)29-15-23-11-7-8-12-24(23)16-30(29)40(32)52/h5-20H,1-4H3. The summed E-state index contributed by atoms with van der Waals surface area (Å²) in [7, 11) is 0. The van der Waals surface area contributed by atoms with Crippen molar-refractivity contribution in [1.82, 2.24) is 0 Å². The summed E-state index contributed by atoms with van der Waals surface area (Å²) in [5.41, 5.74) is 7.06. The number of ketones is 4. The summed E-state index contributed by atoms with van der Waals surface area (Å²) in [6.45, 7) is 9.14. The average Bonchev–Trinajstić information content (AvgIpc) is 4.05. The molecule has 0 bridgehead atoms. The van der Waals surface area contributed by atoms with Gasteiger partial charge in [-0.25, -0.2) is 0 Å². The summed E-state index contributed by atoms with van der Waals surface area (Å²) < 4.78 is 2.64. The fourth-order valence-electron chi connectivity index (χ4n) is 9.45. The number of thiophene rings is 4. The van der Waals surface area contributed by atoms with Gasteiger partial charge in [-0.3, -0.25) is 19.2 Å². The van der Waals surface area contributed by atoms with Crippen LogP contribution in [-0.2, 0) is 10.8 Å². The molecule has 56 heavy (non-hydrogen) atoms. The maximum Gasteiger partial charge on any atom is 0.197 e. The zero-order valence-corrected chi connectivity index (χ0v) is 33.8. The molecular formula is C48H28O4S4. The number of hydrogen-bond acceptors (Lipinski definition) is 8. The van der Waals surface area contributed by atoms with Crippen LogP contribution < -0.4 is 0 Å². The Hall–Kier alpha value is -5.38. The second kappa shape index (κ2) is 10.7. The Labute approximate surface area is 337 Å². The van der Waals surface area contributed by atoms with Crippen molar-refractivity contribution in [2.45, 2.75) is 38.5 Å². The van der Waals surface area contributed by atoms with E-state index in [1.54, 1.807) is 22.7 Å². The minimum Gasteiger partial charge on any atom is -0.288 e. The molecule has 8 heteroatoms. The minimum absolute atomic E-state index is 0.203. The van der Waals surface area contributed by atoms with E-state index in [-0.39, 0.29) is 45.1 Å². The molecule has 268 valence electrons. The molecule has 4 nitrogen and oxygen atoms in total. The first-order valence-electron chi connectivity index (χ1n) is 18.5. The molecule has 0 amide bonds. The van der Waals surface area contributed by atoms with Crippen molar-refractivity contribution in [2.24, 2.45) is 0 Å². The summed E-state index contributed by atoms with van der Waals surface area (Å²) in [5.74, 6) is -0.812. The second-order valence-corrected chi connectivity index (χ2v) is 20.4. The maximum absolute atomic E-state index is 13.6. The summed E-state index contributed by atoms with van der Waals surface area (Å²) in [5, 5.41) is 3.82. The highest BCUT2D eigenvalue weighted by Crippen LogP contribution is 2.65. The van der Waals surface area contributed by atoms with Gasteiger partial charge in [0.25, 0.3) is 0 Å². The quantitative estimate of drug-likeness (QED) is 0.129. The second-order valence-electron chi connectivity index (χ2n) is 16.2. The molecule has 0 saturated carbocycles. The molecule has 0 radical (unpaired) electrons. The first-order chi connectivity index (χ1) is 26.9. The molecule has 8 aromatic rings. The van der Waals surface area contributed by atoms with Crippen molar-refractivity contribution in [3.63, 3.8) is 0 Å². The predicted molar refractivity (Wildman–Crippen MR) is 232 cm³/mol. The Kier molecular flexibility index (Phi) is 6.28. The molecule has 4 aromatic heterocycles. The van der Waals surface area contributed by atoms with E-state index in [0.717, 1.165) is 31.3 Å². The van der Waals surface area contributed by atoms with Crippen molar-refractivity contribution < 1.29 is 19.2 Å². The van der Waals surface area contributed by atoms with Crippen LogP contribution in [0.3, 0.4) is 0 Å². The minimum atomic E-state index is -0.264. The highest BCUT2D eigenvalue weighted by Gasteiger charge is 2.47. The van der Waals surface area contributed by atoms with Gasteiger partial charge in [0.1, 0.15) is 0 Å². The SMILES string of the molecule is CC1(C)c2cc(C=C3C(=O)c4cc5ccccc5cc4C3=O)sc2-c2sc3c4c(sc3c21)-c1sc(C=C2C(=O)c3cc5ccccc5cc3C2=O)cc1C4(C)C. The third-order valence-electron chi connectivity index (χ3n) is 12.3. The van der Waals surface area contributed by atoms with Crippen LogP contribution in [0.25, 0.3) is 62.6 Å². The summed E-state index contributed by atoms with van der Waals surface area (Å²) in [4.78, 5) is 61.2. The number of hydrogen-bond donors (Lipinski definition) is 0. The van der Waals surface area contributed by atoms with Gasteiger partial charge in [-0.2, -0.15) is 0 Å². The van der Waals surface area contributed by atoms with Crippen molar-refractivity contribution in [1.29, 1.82) is 0 Å². The lowest BCUT2D eigenvalue weighted by Gasteiger charge is -2.20. The molecule has 0 aliphatic heterocycles. The molecular weight excluding hydrogens is 769 g/mol. The van der Waals surface area contributed by atoms with Crippen LogP contribution in [0.4, 0.5) is 0 Å². The van der Waals surface area contributed by atoms with Gasteiger partial charge in [-0.1, -0.05) is 76.2 Å². The lowest BCUT2D eigenvalue weighted by Crippen LogP contribution is -2.15. The van der Waals surface area contributed by atoms with Crippen LogP contribution in [0.2, 0.25) is 0 Å². The van der Waals surface area contributed by atoms with Gasteiger partial charge in [0, 0.05) is 52.6 Å². The average molecular weight is 797 g/mol. The van der Waals surface area contributed by atoms with E-state index in [2.05, 4.69) is 39.8 Å². The van der Waals surface area contributed by atoms with Crippen LogP contribution in [0.5, 0.6) is 0 Å². The Morgan fingerprint density at radius 1 is 0.429 bits per heavy atom. The third-order valence-corrected chi connectivity index (χ3v) is 17.4. The lowest BCUT2D eigenvalue weighted by atomic mass is 9.82. The van der Waals surface area contributed by atoms with Crippen molar-refractivity contribution >= 4 is 112 Å². The van der Waals surface area contributed by atoms with Crippen LogP contribution in [0.1, 0.15) is 101 Å². The van der Waals surface area contributed by atoms with Crippen LogP contribution in [0.15, 0.2) is 96.1 Å². The van der Waals surface area contributed by atoms with Crippen molar-refractivity contribution in [3.05, 3.63) is 150 Å². The first kappa shape index (κ1) is 32.8. The topological polar surface area (TPSA) is 68.3 Å². The Morgan fingerprint density at radius 2 is 0.750 bits per heavy atom. The monoisotopic (exact) mass is 796 g/mol. The predicted octanol–water partition coefficient (Wildman–Crippen LogP) is 12.9. The number of carbonyl (C=O) groups excluding carboxylic acids is 4. The largest absolute Gasteiger partial charge is 0.288 e. The number of rotatable bonds is 2. The normalized spacial score (nSPS) is 16.9. The van der Waals surface area contributed by atoms with Gasteiger partial charge in [0.15, 0.2) is 23.1 Å². The number of fused-ring (bicyclic) bond motifs is 13. The van der Waals surface area contributed by atoms with Gasteiger partial charge in [-0.05, 0) is 92.3 Å². The van der Waals surface area contributed by atoms with Crippen molar-refractivity contribution in [3.8, 4) is 19.5 Å². The molecule has 4 aliphatic carbocycles. The molecule has 4 aromatic carbocycles. The Morgan fingerprint density at radius 3 is 1.07 bits per heavy atom. The molecule has 4 heterocycles. The van der Waals surface area contributed by atoms with E-state index in [1.165, 1.54) is 51.2 Å². The number of allylic oxidation sites excluding steroid dienone is 2. The van der Waals surface area contributed by atoms with Gasteiger partial charge < -0.3 is 0 Å². The van der Waals surface area contributed by atoms with E-state index in [4.69, 9.17) is 0 Å². The van der Waals surface area contributed by atoms with Crippen LogP contribution >= 0.6 is 45.3 Å². The fourth-order valence-corrected chi connectivity index (χ4v) is 15.8. The maximum atomic E-state index is 13.6. The van der Waals surface area contributed by atoms with Gasteiger partial charge >= 0.3 is 0 Å². The summed E-state index contributed by atoms with van der Waals surface area (Å²) >= 11 is 7.06.